The summed E-state index contributed by atoms with van der Waals surface area (Å²) in [7, 11) is 1.54. The molecule has 0 bridgehead atoms. The number of benzene rings is 4. The van der Waals surface area contributed by atoms with Crippen molar-refractivity contribution in [2.45, 2.75) is 6.61 Å². The molecule has 168 valence electrons. The quantitative estimate of drug-likeness (QED) is 0.269. The van der Waals surface area contributed by atoms with Crippen LogP contribution in [0.5, 0.6) is 11.5 Å². The second-order valence-corrected chi connectivity index (χ2v) is 7.73. The number of cyclic esters (lactones) is 1. The minimum Gasteiger partial charge on any atom is -0.493 e. The second kappa shape index (κ2) is 9.19. The van der Waals surface area contributed by atoms with E-state index in [1.54, 1.807) is 36.4 Å². The van der Waals surface area contributed by atoms with Gasteiger partial charge in [0.25, 0.3) is 0 Å². The number of carbonyl (C=O) groups excluding carboxylic acids is 1. The first-order chi connectivity index (χ1) is 16.6. The number of hydrogen-bond donors (Lipinski definition) is 0. The van der Waals surface area contributed by atoms with Crippen LogP contribution in [0.3, 0.4) is 0 Å². The van der Waals surface area contributed by atoms with Gasteiger partial charge in [0.05, 0.1) is 7.11 Å². The van der Waals surface area contributed by atoms with E-state index in [1.807, 2.05) is 42.5 Å². The molecule has 0 N–H and O–H groups in total. The van der Waals surface area contributed by atoms with Crippen molar-refractivity contribution >= 4 is 28.7 Å². The average molecular weight is 453 g/mol. The van der Waals surface area contributed by atoms with Crippen molar-refractivity contribution in [1.82, 2.24) is 0 Å². The number of halogens is 1. The summed E-state index contributed by atoms with van der Waals surface area (Å²) in [5.41, 5.74) is 2.29. The van der Waals surface area contributed by atoms with Crippen molar-refractivity contribution in [2.24, 2.45) is 4.99 Å². The van der Waals surface area contributed by atoms with Crippen LogP contribution < -0.4 is 9.47 Å². The van der Waals surface area contributed by atoms with E-state index in [0.29, 0.717) is 22.6 Å². The first-order valence-corrected chi connectivity index (χ1v) is 10.7. The number of methoxy groups -OCH3 is 1. The molecule has 6 heteroatoms. The van der Waals surface area contributed by atoms with Crippen molar-refractivity contribution in [3.8, 4) is 11.5 Å². The summed E-state index contributed by atoms with van der Waals surface area (Å²) in [5, 5.41) is 2.13. The maximum absolute atomic E-state index is 13.5. The van der Waals surface area contributed by atoms with E-state index < -0.39 is 5.97 Å². The third-order valence-corrected chi connectivity index (χ3v) is 5.39. The van der Waals surface area contributed by atoms with Gasteiger partial charge in [0.1, 0.15) is 12.4 Å². The molecule has 34 heavy (non-hydrogen) atoms. The van der Waals surface area contributed by atoms with Crippen molar-refractivity contribution in [2.75, 3.05) is 7.11 Å². The van der Waals surface area contributed by atoms with E-state index in [2.05, 4.69) is 4.99 Å². The fourth-order valence-electron chi connectivity index (χ4n) is 3.70. The van der Waals surface area contributed by atoms with E-state index >= 15 is 0 Å². The van der Waals surface area contributed by atoms with E-state index in [1.165, 1.54) is 19.2 Å². The van der Waals surface area contributed by atoms with Gasteiger partial charge in [0.2, 0.25) is 5.90 Å². The average Bonchev–Trinajstić information content (AvgIpc) is 3.22. The third-order valence-electron chi connectivity index (χ3n) is 5.39. The van der Waals surface area contributed by atoms with Crippen LogP contribution in [0.4, 0.5) is 4.39 Å². The Bertz CT molecular complexity index is 1460. The molecular formula is C28H20FNO4. The lowest BCUT2D eigenvalue weighted by molar-refractivity contribution is -0.129. The number of aliphatic imine (C=N–C) groups is 1. The minimum atomic E-state index is -0.527. The largest absolute Gasteiger partial charge is 0.493 e. The first kappa shape index (κ1) is 21.4. The molecule has 0 saturated carbocycles. The molecule has 5 rings (SSSR count). The predicted molar refractivity (Wildman–Crippen MR) is 128 cm³/mol. The molecule has 0 atom stereocenters. The summed E-state index contributed by atoms with van der Waals surface area (Å²) in [6, 6.07) is 25.2. The molecule has 0 spiro atoms. The molecule has 0 aliphatic carbocycles. The van der Waals surface area contributed by atoms with Crippen molar-refractivity contribution in [3.63, 3.8) is 0 Å². The normalized spacial score (nSPS) is 14.2. The van der Waals surface area contributed by atoms with Crippen LogP contribution in [0.1, 0.15) is 16.7 Å². The van der Waals surface area contributed by atoms with Gasteiger partial charge in [-0.15, -0.1) is 0 Å². The van der Waals surface area contributed by atoms with Gasteiger partial charge < -0.3 is 14.2 Å². The fraction of sp³-hybridized carbons (Fsp3) is 0.0714. The van der Waals surface area contributed by atoms with Gasteiger partial charge in [-0.2, -0.15) is 0 Å². The number of ether oxygens (including phenoxy) is 3. The lowest BCUT2D eigenvalue weighted by Gasteiger charge is -2.11. The molecule has 0 amide bonds. The standard InChI is InChI=1S/C28H20FNO4/c1-32-25-12-9-18(15-26(25)33-17-19-5-4-8-23(29)13-19)14-24-28(31)34-27(30-24)22-11-10-20-6-2-3-7-21(20)16-22/h2-16H,17H2,1H3/b24-14-. The number of hydrogen-bond acceptors (Lipinski definition) is 5. The molecule has 0 unspecified atom stereocenters. The Hall–Kier alpha value is -4.45. The van der Waals surface area contributed by atoms with Gasteiger partial charge in [-0.25, -0.2) is 14.2 Å². The lowest BCUT2D eigenvalue weighted by Crippen LogP contribution is -2.05. The van der Waals surface area contributed by atoms with E-state index in [0.717, 1.165) is 16.3 Å². The molecule has 1 aliphatic heterocycles. The molecule has 4 aromatic rings. The zero-order valence-corrected chi connectivity index (χ0v) is 18.3. The van der Waals surface area contributed by atoms with Crippen LogP contribution in [0.2, 0.25) is 0 Å². The molecule has 5 nitrogen and oxygen atoms in total. The smallest absolute Gasteiger partial charge is 0.363 e. The highest BCUT2D eigenvalue weighted by atomic mass is 19.1. The Morgan fingerprint density at radius 3 is 2.59 bits per heavy atom. The second-order valence-electron chi connectivity index (χ2n) is 7.73. The molecule has 4 aromatic carbocycles. The summed E-state index contributed by atoms with van der Waals surface area (Å²) in [6.45, 7) is 0.167. The predicted octanol–water partition coefficient (Wildman–Crippen LogP) is 5.91. The Morgan fingerprint density at radius 2 is 1.76 bits per heavy atom. The van der Waals surface area contributed by atoms with Crippen LogP contribution in [-0.2, 0) is 16.1 Å². The molecule has 0 saturated heterocycles. The van der Waals surface area contributed by atoms with Crippen LogP contribution in [0, 0.1) is 5.82 Å². The highest BCUT2D eigenvalue weighted by Gasteiger charge is 2.24. The summed E-state index contributed by atoms with van der Waals surface area (Å²) < 4.78 is 30.1. The number of carbonyl (C=O) groups is 1. The first-order valence-electron chi connectivity index (χ1n) is 10.7. The van der Waals surface area contributed by atoms with Crippen molar-refractivity contribution in [3.05, 3.63) is 113 Å². The maximum Gasteiger partial charge on any atom is 0.363 e. The Morgan fingerprint density at radius 1 is 0.912 bits per heavy atom. The van der Waals surface area contributed by atoms with Gasteiger partial charge >= 0.3 is 5.97 Å². The summed E-state index contributed by atoms with van der Waals surface area (Å²) >= 11 is 0. The summed E-state index contributed by atoms with van der Waals surface area (Å²) in [6.07, 6.45) is 1.63. The number of nitrogens with zero attached hydrogens (tertiary/aromatic N) is 1. The fourth-order valence-corrected chi connectivity index (χ4v) is 3.70. The molecule has 1 aliphatic rings. The van der Waals surface area contributed by atoms with Gasteiger partial charge in [-0.05, 0) is 64.4 Å². The van der Waals surface area contributed by atoms with Crippen LogP contribution in [0.15, 0.2) is 95.6 Å². The Kier molecular flexibility index (Phi) is 5.79. The van der Waals surface area contributed by atoms with Gasteiger partial charge in [0.15, 0.2) is 17.2 Å². The monoisotopic (exact) mass is 453 g/mol. The lowest BCUT2D eigenvalue weighted by atomic mass is 10.1. The van der Waals surface area contributed by atoms with Crippen LogP contribution in [0.25, 0.3) is 16.8 Å². The SMILES string of the molecule is COc1ccc(/C=C2\N=C(c3ccc4ccccc4c3)OC2=O)cc1OCc1cccc(F)c1. The van der Waals surface area contributed by atoms with Gasteiger partial charge in [-0.1, -0.05) is 48.5 Å². The van der Waals surface area contributed by atoms with Crippen molar-refractivity contribution < 1.29 is 23.4 Å². The topological polar surface area (TPSA) is 57.1 Å². The van der Waals surface area contributed by atoms with Crippen molar-refractivity contribution in [1.29, 1.82) is 0 Å². The van der Waals surface area contributed by atoms with Gasteiger partial charge in [-0.3, -0.25) is 0 Å². The molecule has 1 heterocycles. The number of esters is 1. The number of rotatable bonds is 6. The van der Waals surface area contributed by atoms with Crippen LogP contribution >= 0.6 is 0 Å². The molecular weight excluding hydrogens is 433 g/mol. The maximum atomic E-state index is 13.5. The van der Waals surface area contributed by atoms with Crippen LogP contribution in [-0.4, -0.2) is 19.0 Å². The zero-order chi connectivity index (χ0) is 23.5. The number of fused-ring (bicyclic) bond motifs is 1. The Balaban J connectivity index is 1.41. The molecule has 0 fully saturated rings. The third kappa shape index (κ3) is 4.52. The summed E-state index contributed by atoms with van der Waals surface area (Å²) in [5.74, 6) is 0.393. The van der Waals surface area contributed by atoms with E-state index in [9.17, 15) is 9.18 Å². The minimum absolute atomic E-state index is 0.167. The highest BCUT2D eigenvalue weighted by Crippen LogP contribution is 2.31. The summed E-state index contributed by atoms with van der Waals surface area (Å²) in [4.78, 5) is 16.9. The molecule has 0 aromatic heterocycles. The zero-order valence-electron chi connectivity index (χ0n) is 18.3. The molecule has 0 radical (unpaired) electrons. The highest BCUT2D eigenvalue weighted by molar-refractivity contribution is 6.13. The Labute approximate surface area is 195 Å². The van der Waals surface area contributed by atoms with Gasteiger partial charge in [0, 0.05) is 5.56 Å². The van der Waals surface area contributed by atoms with E-state index in [-0.39, 0.29) is 24.0 Å². The van der Waals surface area contributed by atoms with E-state index in [4.69, 9.17) is 14.2 Å².